The average Bonchev–Trinajstić information content (AvgIpc) is 2.80. The number of hydrogen-bond donors (Lipinski definition) is 1. The van der Waals surface area contributed by atoms with Gasteiger partial charge in [0, 0.05) is 5.56 Å². The van der Waals surface area contributed by atoms with Crippen molar-refractivity contribution in [3.8, 4) is 0 Å². The van der Waals surface area contributed by atoms with E-state index in [9.17, 15) is 4.39 Å². The molecule has 0 radical (unpaired) electrons. The molecule has 1 aliphatic carbocycles. The fourth-order valence-corrected chi connectivity index (χ4v) is 3.12. The largest absolute Gasteiger partial charge is 0.294 e. The Bertz CT molecular complexity index is 700. The van der Waals surface area contributed by atoms with Crippen LogP contribution in [0.5, 0.6) is 0 Å². The Hall–Kier alpha value is -1.71. The first-order valence-corrected chi connectivity index (χ1v) is 6.51. The molecule has 2 aliphatic heterocycles. The molecular formula is C15H10ClFN2. The van der Waals surface area contributed by atoms with Crippen molar-refractivity contribution in [2.75, 3.05) is 0 Å². The van der Waals surface area contributed by atoms with Crippen molar-refractivity contribution in [3.63, 3.8) is 0 Å². The summed E-state index contributed by atoms with van der Waals surface area (Å²) in [6.45, 7) is 0. The first kappa shape index (κ1) is 11.1. The molecule has 1 aromatic rings. The number of para-hydroxylation sites is 1. The van der Waals surface area contributed by atoms with Gasteiger partial charge in [0.15, 0.2) is 0 Å². The Kier molecular flexibility index (Phi) is 2.28. The van der Waals surface area contributed by atoms with Crippen LogP contribution in [0.4, 0.5) is 10.1 Å². The Morgan fingerprint density at radius 2 is 2.16 bits per heavy atom. The summed E-state index contributed by atoms with van der Waals surface area (Å²) < 4.78 is 13.8. The monoisotopic (exact) mass is 272 g/mol. The Balaban J connectivity index is 1.91. The van der Waals surface area contributed by atoms with Gasteiger partial charge in [0.25, 0.3) is 0 Å². The topological polar surface area (TPSA) is 24.4 Å². The molecule has 1 aromatic carbocycles. The quantitative estimate of drug-likeness (QED) is 0.767. The van der Waals surface area contributed by atoms with Crippen LogP contribution >= 0.6 is 11.6 Å². The van der Waals surface area contributed by atoms with Crippen molar-refractivity contribution in [2.24, 2.45) is 4.99 Å². The van der Waals surface area contributed by atoms with Crippen molar-refractivity contribution >= 4 is 23.0 Å². The zero-order valence-electron chi connectivity index (χ0n) is 9.90. The van der Waals surface area contributed by atoms with Crippen LogP contribution in [0, 0.1) is 5.82 Å². The summed E-state index contributed by atoms with van der Waals surface area (Å²) in [5.74, 6) is -0.301. The van der Waals surface area contributed by atoms with Gasteiger partial charge in [0.2, 0.25) is 0 Å². The van der Waals surface area contributed by atoms with Crippen LogP contribution in [0.1, 0.15) is 11.6 Å². The normalized spacial score (nSPS) is 26.9. The third kappa shape index (κ3) is 1.49. The van der Waals surface area contributed by atoms with Gasteiger partial charge in [0.05, 0.1) is 22.8 Å². The maximum atomic E-state index is 13.8. The molecule has 0 spiro atoms. The second-order valence-electron chi connectivity index (χ2n) is 4.77. The number of allylic oxidation sites excluding steroid dienone is 2. The molecule has 4 heteroatoms. The molecule has 2 atom stereocenters. The van der Waals surface area contributed by atoms with Gasteiger partial charge in [-0.25, -0.2) is 9.38 Å². The SMILES string of the molecule is Fc1cccc2c1N=C1C(Cl)=C3C=CC=CC3NC12. The lowest BCUT2D eigenvalue weighted by molar-refractivity contribution is 0.604. The summed E-state index contributed by atoms with van der Waals surface area (Å²) in [5, 5.41) is 4.08. The van der Waals surface area contributed by atoms with Crippen LogP contribution in [-0.4, -0.2) is 11.8 Å². The minimum atomic E-state index is -0.301. The molecule has 0 fully saturated rings. The smallest absolute Gasteiger partial charge is 0.149 e. The summed E-state index contributed by atoms with van der Waals surface area (Å²) in [6.07, 6.45) is 7.94. The summed E-state index contributed by atoms with van der Waals surface area (Å²) in [6, 6.07) is 4.97. The highest BCUT2D eigenvalue weighted by atomic mass is 35.5. The Labute approximate surface area is 115 Å². The van der Waals surface area contributed by atoms with Gasteiger partial charge in [-0.1, -0.05) is 48.0 Å². The number of rotatable bonds is 0. The third-order valence-corrected chi connectivity index (χ3v) is 4.10. The predicted octanol–water partition coefficient (Wildman–Crippen LogP) is 3.54. The van der Waals surface area contributed by atoms with Crippen LogP contribution in [-0.2, 0) is 0 Å². The van der Waals surface area contributed by atoms with E-state index in [1.54, 1.807) is 6.07 Å². The second kappa shape index (κ2) is 3.89. The van der Waals surface area contributed by atoms with Crippen LogP contribution in [0.3, 0.4) is 0 Å². The number of fused-ring (bicyclic) bond motifs is 4. The highest BCUT2D eigenvalue weighted by molar-refractivity contribution is 6.46. The minimum absolute atomic E-state index is 0.0654. The molecule has 0 saturated carbocycles. The van der Waals surface area contributed by atoms with Crippen LogP contribution in [0.15, 0.2) is 58.1 Å². The maximum Gasteiger partial charge on any atom is 0.149 e. The van der Waals surface area contributed by atoms with Crippen LogP contribution in [0.2, 0.25) is 0 Å². The van der Waals surface area contributed by atoms with E-state index in [1.807, 2.05) is 30.4 Å². The first-order valence-electron chi connectivity index (χ1n) is 6.13. The molecule has 19 heavy (non-hydrogen) atoms. The van der Waals surface area contributed by atoms with Gasteiger partial charge in [0.1, 0.15) is 11.5 Å². The van der Waals surface area contributed by atoms with E-state index in [1.165, 1.54) is 6.07 Å². The van der Waals surface area contributed by atoms with E-state index in [0.29, 0.717) is 16.4 Å². The first-order chi connectivity index (χ1) is 9.25. The Morgan fingerprint density at radius 1 is 1.26 bits per heavy atom. The zero-order chi connectivity index (χ0) is 13.0. The third-order valence-electron chi connectivity index (χ3n) is 3.68. The van der Waals surface area contributed by atoms with Crippen molar-refractivity contribution in [1.82, 2.24) is 5.32 Å². The highest BCUT2D eigenvalue weighted by Gasteiger charge is 2.37. The molecule has 4 rings (SSSR count). The summed E-state index contributed by atoms with van der Waals surface area (Å²) in [5.41, 5.74) is 2.97. The number of nitrogens with one attached hydrogen (secondary N) is 1. The standard InChI is InChI=1S/C15H10ClFN2/c16-12-8-4-1-2-7-11(8)18-14-9-5-3-6-10(17)13(9)19-15(12)14/h1-7,11,14,18H. The van der Waals surface area contributed by atoms with E-state index < -0.39 is 0 Å². The molecule has 0 saturated heterocycles. The molecule has 0 aromatic heterocycles. The van der Waals surface area contributed by atoms with Gasteiger partial charge in [-0.3, -0.25) is 5.32 Å². The number of hydrogen-bond acceptors (Lipinski definition) is 2. The highest BCUT2D eigenvalue weighted by Crippen LogP contribution is 2.43. The van der Waals surface area contributed by atoms with Crippen molar-refractivity contribution in [1.29, 1.82) is 0 Å². The fourth-order valence-electron chi connectivity index (χ4n) is 2.78. The summed E-state index contributed by atoms with van der Waals surface area (Å²) in [7, 11) is 0. The van der Waals surface area contributed by atoms with Gasteiger partial charge in [-0.15, -0.1) is 0 Å². The van der Waals surface area contributed by atoms with E-state index in [4.69, 9.17) is 11.6 Å². The lowest BCUT2D eigenvalue weighted by Gasteiger charge is -2.30. The number of nitrogens with zero attached hydrogens (tertiary/aromatic N) is 1. The van der Waals surface area contributed by atoms with Gasteiger partial charge < -0.3 is 0 Å². The molecule has 0 amide bonds. The molecule has 3 aliphatic rings. The molecule has 2 unspecified atom stereocenters. The maximum absolute atomic E-state index is 13.8. The fraction of sp³-hybridized carbons (Fsp3) is 0.133. The molecular weight excluding hydrogens is 263 g/mol. The van der Waals surface area contributed by atoms with E-state index >= 15 is 0 Å². The lowest BCUT2D eigenvalue weighted by Crippen LogP contribution is -2.41. The molecule has 1 N–H and O–H groups in total. The number of aliphatic imine (C=N–C) groups is 1. The van der Waals surface area contributed by atoms with Crippen molar-refractivity contribution in [3.05, 3.63) is 64.5 Å². The average molecular weight is 273 g/mol. The van der Waals surface area contributed by atoms with Gasteiger partial charge in [-0.2, -0.15) is 0 Å². The molecule has 2 heterocycles. The van der Waals surface area contributed by atoms with E-state index in [2.05, 4.69) is 10.3 Å². The van der Waals surface area contributed by atoms with Crippen molar-refractivity contribution in [2.45, 2.75) is 12.1 Å². The minimum Gasteiger partial charge on any atom is -0.294 e. The predicted molar refractivity (Wildman–Crippen MR) is 74.3 cm³/mol. The van der Waals surface area contributed by atoms with Crippen LogP contribution < -0.4 is 5.32 Å². The van der Waals surface area contributed by atoms with Crippen LogP contribution in [0.25, 0.3) is 0 Å². The van der Waals surface area contributed by atoms with E-state index in [0.717, 1.165) is 11.1 Å². The number of benzene rings is 1. The number of halogens is 2. The van der Waals surface area contributed by atoms with E-state index in [-0.39, 0.29) is 17.9 Å². The summed E-state index contributed by atoms with van der Waals surface area (Å²) >= 11 is 6.43. The molecule has 2 nitrogen and oxygen atoms in total. The molecule has 0 bridgehead atoms. The Morgan fingerprint density at radius 3 is 3.05 bits per heavy atom. The summed E-state index contributed by atoms with van der Waals surface area (Å²) in [4.78, 5) is 4.38. The van der Waals surface area contributed by atoms with Gasteiger partial charge >= 0.3 is 0 Å². The second-order valence-corrected chi connectivity index (χ2v) is 5.14. The lowest BCUT2D eigenvalue weighted by atomic mass is 9.91. The van der Waals surface area contributed by atoms with Crippen molar-refractivity contribution < 1.29 is 4.39 Å². The zero-order valence-corrected chi connectivity index (χ0v) is 10.7. The molecule has 94 valence electrons. The van der Waals surface area contributed by atoms with Gasteiger partial charge in [-0.05, 0) is 11.6 Å².